The molecule has 20 heavy (non-hydrogen) atoms. The lowest BCUT2D eigenvalue weighted by molar-refractivity contribution is 0.502. The van der Waals surface area contributed by atoms with Gasteiger partial charge in [0.25, 0.3) is 0 Å². The van der Waals surface area contributed by atoms with E-state index in [1.165, 1.54) is 22.9 Å². The molecule has 0 spiro atoms. The Balaban J connectivity index is 1.84. The van der Waals surface area contributed by atoms with Gasteiger partial charge in [-0.3, -0.25) is 0 Å². The van der Waals surface area contributed by atoms with E-state index in [0.717, 1.165) is 31.7 Å². The second-order valence-corrected chi connectivity index (χ2v) is 5.60. The molecule has 2 aromatic rings. The molecule has 0 fully saturated rings. The van der Waals surface area contributed by atoms with Crippen LogP contribution in [0.3, 0.4) is 0 Å². The molecule has 0 saturated heterocycles. The zero-order chi connectivity index (χ0) is 13.5. The van der Waals surface area contributed by atoms with Crippen LogP contribution < -0.4 is 10.2 Å². The summed E-state index contributed by atoms with van der Waals surface area (Å²) in [7, 11) is 0. The minimum atomic E-state index is -0.170. The summed E-state index contributed by atoms with van der Waals surface area (Å²) in [5.41, 5.74) is 5.06. The molecular formula is C17H17FN2. The fraction of sp³-hybridized carbons (Fsp3) is 0.294. The van der Waals surface area contributed by atoms with Crippen molar-refractivity contribution < 1.29 is 4.39 Å². The first-order chi connectivity index (χ1) is 9.83. The monoisotopic (exact) mass is 268 g/mol. The highest BCUT2D eigenvalue weighted by molar-refractivity contribution is 5.70. The molecule has 2 heterocycles. The summed E-state index contributed by atoms with van der Waals surface area (Å²) >= 11 is 0. The molecule has 2 aromatic carbocycles. The average molecular weight is 268 g/mol. The number of anilines is 2. The minimum absolute atomic E-state index is 0.170. The van der Waals surface area contributed by atoms with Crippen molar-refractivity contribution in [2.45, 2.75) is 18.9 Å². The van der Waals surface area contributed by atoms with Gasteiger partial charge in [0.1, 0.15) is 5.82 Å². The maximum atomic E-state index is 13.5. The molecule has 1 atom stereocenters. The van der Waals surface area contributed by atoms with Crippen molar-refractivity contribution in [3.05, 3.63) is 59.4 Å². The molecule has 0 radical (unpaired) electrons. The van der Waals surface area contributed by atoms with E-state index < -0.39 is 0 Å². The normalized spacial score (nSPS) is 20.6. The third-order valence-electron chi connectivity index (χ3n) is 4.40. The zero-order valence-corrected chi connectivity index (χ0v) is 11.3. The maximum absolute atomic E-state index is 13.5. The highest BCUT2D eigenvalue weighted by Gasteiger charge is 2.30. The first-order valence-corrected chi connectivity index (χ1v) is 7.18. The summed E-state index contributed by atoms with van der Waals surface area (Å²) in [6.07, 6.45) is 1.12. The van der Waals surface area contributed by atoms with E-state index >= 15 is 0 Å². The number of nitrogens with zero attached hydrogens (tertiary/aromatic N) is 1. The van der Waals surface area contributed by atoms with Gasteiger partial charge in [0.15, 0.2) is 0 Å². The topological polar surface area (TPSA) is 15.3 Å². The van der Waals surface area contributed by atoms with Crippen LogP contribution >= 0.6 is 0 Å². The summed E-state index contributed by atoms with van der Waals surface area (Å²) in [6.45, 7) is 2.95. The Morgan fingerprint density at radius 2 is 2.05 bits per heavy atom. The molecular weight excluding hydrogens is 251 g/mol. The van der Waals surface area contributed by atoms with Crippen molar-refractivity contribution in [3.63, 3.8) is 0 Å². The van der Waals surface area contributed by atoms with Gasteiger partial charge in [-0.1, -0.05) is 18.2 Å². The summed E-state index contributed by atoms with van der Waals surface area (Å²) in [5, 5.41) is 3.49. The predicted molar refractivity (Wildman–Crippen MR) is 78.9 cm³/mol. The smallest absolute Gasteiger partial charge is 0.125 e. The largest absolute Gasteiger partial charge is 0.341 e. The molecule has 4 rings (SSSR count). The van der Waals surface area contributed by atoms with Crippen molar-refractivity contribution in [1.82, 2.24) is 5.32 Å². The van der Waals surface area contributed by atoms with Crippen molar-refractivity contribution in [2.24, 2.45) is 0 Å². The van der Waals surface area contributed by atoms with E-state index in [4.69, 9.17) is 0 Å². The standard InChI is InChI=1S/C17H17FN2/c18-14-4-2-5-15(9-14)20-8-7-13-11-19-10-12-3-1-6-16(20)17(12)13/h1-6,9,13,19H,7-8,10-11H2. The average Bonchev–Trinajstić information content (AvgIpc) is 2.48. The first-order valence-electron chi connectivity index (χ1n) is 7.18. The molecule has 3 heteroatoms. The lowest BCUT2D eigenvalue weighted by Gasteiger charge is -2.39. The Bertz CT molecular complexity index is 653. The SMILES string of the molecule is Fc1cccc(N2CCC3CNCc4cccc2c43)c1. The van der Waals surface area contributed by atoms with Crippen LogP contribution in [0.1, 0.15) is 23.5 Å². The molecule has 0 aromatic heterocycles. The van der Waals surface area contributed by atoms with Crippen molar-refractivity contribution in [1.29, 1.82) is 0 Å². The fourth-order valence-electron chi connectivity index (χ4n) is 3.51. The van der Waals surface area contributed by atoms with E-state index in [1.54, 1.807) is 12.1 Å². The van der Waals surface area contributed by atoms with Gasteiger partial charge < -0.3 is 10.2 Å². The Morgan fingerprint density at radius 3 is 2.95 bits per heavy atom. The van der Waals surface area contributed by atoms with Gasteiger partial charge >= 0.3 is 0 Å². The van der Waals surface area contributed by atoms with Crippen molar-refractivity contribution in [3.8, 4) is 0 Å². The Kier molecular flexibility index (Phi) is 2.74. The Morgan fingerprint density at radius 1 is 1.15 bits per heavy atom. The Hall–Kier alpha value is -1.87. The van der Waals surface area contributed by atoms with Crippen LogP contribution in [-0.2, 0) is 6.54 Å². The van der Waals surface area contributed by atoms with E-state index in [1.807, 2.05) is 6.07 Å². The molecule has 2 aliphatic heterocycles. The number of rotatable bonds is 1. The molecule has 1 unspecified atom stereocenters. The second-order valence-electron chi connectivity index (χ2n) is 5.60. The predicted octanol–water partition coefficient (Wildman–Crippen LogP) is 3.55. The van der Waals surface area contributed by atoms with E-state index in [0.29, 0.717) is 5.92 Å². The van der Waals surface area contributed by atoms with Crippen LogP contribution in [0.4, 0.5) is 15.8 Å². The van der Waals surface area contributed by atoms with Gasteiger partial charge in [0, 0.05) is 36.9 Å². The molecule has 102 valence electrons. The zero-order valence-electron chi connectivity index (χ0n) is 11.3. The fourth-order valence-corrected chi connectivity index (χ4v) is 3.51. The second kappa shape index (κ2) is 4.60. The number of hydrogen-bond donors (Lipinski definition) is 1. The van der Waals surface area contributed by atoms with Crippen LogP contribution in [0.25, 0.3) is 0 Å². The maximum Gasteiger partial charge on any atom is 0.125 e. The number of hydrogen-bond acceptors (Lipinski definition) is 2. The van der Waals surface area contributed by atoms with E-state index in [2.05, 4.69) is 28.4 Å². The molecule has 0 aliphatic carbocycles. The summed E-state index contributed by atoms with van der Waals surface area (Å²) in [4.78, 5) is 2.25. The van der Waals surface area contributed by atoms with Gasteiger partial charge in [-0.2, -0.15) is 0 Å². The van der Waals surface area contributed by atoms with Crippen LogP contribution in [0.2, 0.25) is 0 Å². The molecule has 2 nitrogen and oxygen atoms in total. The van der Waals surface area contributed by atoms with Gasteiger partial charge in [-0.05, 0) is 41.8 Å². The van der Waals surface area contributed by atoms with E-state index in [9.17, 15) is 4.39 Å². The van der Waals surface area contributed by atoms with Gasteiger partial charge in [0.05, 0.1) is 0 Å². The van der Waals surface area contributed by atoms with Gasteiger partial charge in [-0.15, -0.1) is 0 Å². The lowest BCUT2D eigenvalue weighted by Crippen LogP contribution is -2.36. The summed E-state index contributed by atoms with van der Waals surface area (Å²) < 4.78 is 13.5. The number of nitrogens with one attached hydrogen (secondary N) is 1. The molecule has 2 aliphatic rings. The van der Waals surface area contributed by atoms with Crippen LogP contribution in [-0.4, -0.2) is 13.1 Å². The van der Waals surface area contributed by atoms with E-state index in [-0.39, 0.29) is 5.82 Å². The molecule has 0 bridgehead atoms. The Labute approximate surface area is 118 Å². The van der Waals surface area contributed by atoms with Gasteiger partial charge in [0.2, 0.25) is 0 Å². The van der Waals surface area contributed by atoms with Crippen molar-refractivity contribution >= 4 is 11.4 Å². The van der Waals surface area contributed by atoms with Crippen LogP contribution in [0.15, 0.2) is 42.5 Å². The quantitative estimate of drug-likeness (QED) is 0.851. The summed E-state index contributed by atoms with van der Waals surface area (Å²) in [5.74, 6) is 0.427. The number of benzene rings is 2. The molecule has 0 amide bonds. The summed E-state index contributed by atoms with van der Waals surface area (Å²) in [6, 6.07) is 13.4. The highest BCUT2D eigenvalue weighted by Crippen LogP contribution is 2.42. The molecule has 1 N–H and O–H groups in total. The highest BCUT2D eigenvalue weighted by atomic mass is 19.1. The lowest BCUT2D eigenvalue weighted by atomic mass is 9.83. The molecule has 0 saturated carbocycles. The minimum Gasteiger partial charge on any atom is -0.341 e. The van der Waals surface area contributed by atoms with Crippen molar-refractivity contribution in [2.75, 3.05) is 18.0 Å². The van der Waals surface area contributed by atoms with Crippen LogP contribution in [0.5, 0.6) is 0 Å². The van der Waals surface area contributed by atoms with Crippen LogP contribution in [0, 0.1) is 5.82 Å². The van der Waals surface area contributed by atoms with Gasteiger partial charge in [-0.25, -0.2) is 4.39 Å². The number of halogens is 1. The first kappa shape index (κ1) is 11.9. The third kappa shape index (κ3) is 1.81. The third-order valence-corrected chi connectivity index (χ3v) is 4.40.